The maximum atomic E-state index is 12.8. The summed E-state index contributed by atoms with van der Waals surface area (Å²) in [6.07, 6.45) is 4.68. The molecule has 2 aliphatic heterocycles. The zero-order valence-electron chi connectivity index (χ0n) is 18.8. The zero-order chi connectivity index (χ0) is 23.5. The number of fused-ring (bicyclic) bond motifs is 1. The highest BCUT2D eigenvalue weighted by Crippen LogP contribution is 2.34. The van der Waals surface area contributed by atoms with Crippen molar-refractivity contribution in [1.82, 2.24) is 24.6 Å². The smallest absolute Gasteiger partial charge is 0.344 e. The first-order chi connectivity index (χ1) is 16.7. The van der Waals surface area contributed by atoms with E-state index in [4.69, 9.17) is 19.5 Å². The van der Waals surface area contributed by atoms with Gasteiger partial charge in [-0.1, -0.05) is 12.1 Å². The number of nitriles is 1. The molecule has 10 nitrogen and oxygen atoms in total. The zero-order valence-corrected chi connectivity index (χ0v) is 18.8. The van der Waals surface area contributed by atoms with E-state index in [2.05, 4.69) is 27.1 Å². The number of nitrogens with zero attached hydrogens (tertiary/aromatic N) is 6. The van der Waals surface area contributed by atoms with Crippen LogP contribution in [0, 0.1) is 11.3 Å². The van der Waals surface area contributed by atoms with E-state index in [0.717, 1.165) is 22.4 Å². The molecule has 1 atom stereocenters. The first kappa shape index (κ1) is 21.9. The Bertz CT molecular complexity index is 1210. The molecule has 4 heterocycles. The van der Waals surface area contributed by atoms with E-state index in [1.807, 2.05) is 30.5 Å². The van der Waals surface area contributed by atoms with Gasteiger partial charge in [-0.2, -0.15) is 15.0 Å². The van der Waals surface area contributed by atoms with Crippen molar-refractivity contribution < 1.29 is 19.0 Å². The van der Waals surface area contributed by atoms with Gasteiger partial charge in [0.15, 0.2) is 6.79 Å². The molecule has 3 aromatic rings. The Kier molecular flexibility index (Phi) is 6.12. The molecule has 1 unspecified atom stereocenters. The predicted molar refractivity (Wildman–Crippen MR) is 120 cm³/mol. The summed E-state index contributed by atoms with van der Waals surface area (Å²) in [5.41, 5.74) is 3.50. The summed E-state index contributed by atoms with van der Waals surface area (Å²) >= 11 is 0. The van der Waals surface area contributed by atoms with Crippen molar-refractivity contribution in [2.24, 2.45) is 0 Å². The standard InChI is InChI=1S/C24H24N6O4/c1-32-22-5-3-19(13-26-22)23(18-2-4-21-20(10-18)15-33-16-34-21)28-6-8-29(9-7-28)24(31)30-14-17(11-25)12-27-30/h2-5,10,12-14,23H,6-9,15-16H2,1H3. The summed E-state index contributed by atoms with van der Waals surface area (Å²) in [4.78, 5) is 21.3. The van der Waals surface area contributed by atoms with Crippen LogP contribution in [0.4, 0.5) is 4.79 Å². The van der Waals surface area contributed by atoms with E-state index in [9.17, 15) is 4.79 Å². The van der Waals surface area contributed by atoms with Gasteiger partial charge in [-0.25, -0.2) is 9.78 Å². The summed E-state index contributed by atoms with van der Waals surface area (Å²) in [6.45, 7) is 3.18. The first-order valence-electron chi connectivity index (χ1n) is 11.0. The second-order valence-corrected chi connectivity index (χ2v) is 8.11. The Morgan fingerprint density at radius 1 is 1.15 bits per heavy atom. The number of carbonyl (C=O) groups is 1. The van der Waals surface area contributed by atoms with Gasteiger partial charge in [0, 0.05) is 44.0 Å². The lowest BCUT2D eigenvalue weighted by Crippen LogP contribution is -2.51. The van der Waals surface area contributed by atoms with Crippen molar-refractivity contribution in [2.75, 3.05) is 40.1 Å². The second-order valence-electron chi connectivity index (χ2n) is 8.11. The van der Waals surface area contributed by atoms with E-state index >= 15 is 0 Å². The van der Waals surface area contributed by atoms with E-state index in [1.54, 1.807) is 12.0 Å². The van der Waals surface area contributed by atoms with Crippen molar-refractivity contribution in [3.05, 3.63) is 71.2 Å². The summed E-state index contributed by atoms with van der Waals surface area (Å²) in [7, 11) is 1.60. The van der Waals surface area contributed by atoms with Gasteiger partial charge in [0.1, 0.15) is 11.8 Å². The third kappa shape index (κ3) is 4.31. The fourth-order valence-electron chi connectivity index (χ4n) is 4.37. The van der Waals surface area contributed by atoms with Crippen molar-refractivity contribution >= 4 is 6.03 Å². The quantitative estimate of drug-likeness (QED) is 0.584. The maximum Gasteiger partial charge on any atom is 0.344 e. The number of benzene rings is 1. The topological polar surface area (TPSA) is 106 Å². The molecule has 174 valence electrons. The highest BCUT2D eigenvalue weighted by molar-refractivity contribution is 5.76. The maximum absolute atomic E-state index is 12.8. The van der Waals surface area contributed by atoms with Crippen molar-refractivity contribution in [1.29, 1.82) is 5.26 Å². The number of hydrogen-bond acceptors (Lipinski definition) is 8. The third-order valence-electron chi connectivity index (χ3n) is 6.10. The lowest BCUT2D eigenvalue weighted by Gasteiger charge is -2.39. The van der Waals surface area contributed by atoms with Gasteiger partial charge in [0.2, 0.25) is 5.88 Å². The molecule has 0 N–H and O–H groups in total. The van der Waals surface area contributed by atoms with Crippen LogP contribution in [0.25, 0.3) is 0 Å². The van der Waals surface area contributed by atoms with E-state index in [1.165, 1.54) is 17.1 Å². The predicted octanol–water partition coefficient (Wildman–Crippen LogP) is 2.40. The van der Waals surface area contributed by atoms with Crippen LogP contribution in [-0.4, -0.2) is 70.7 Å². The van der Waals surface area contributed by atoms with Gasteiger partial charge in [-0.15, -0.1) is 0 Å². The average Bonchev–Trinajstić information content (AvgIpc) is 3.39. The van der Waals surface area contributed by atoms with Crippen LogP contribution < -0.4 is 9.47 Å². The van der Waals surface area contributed by atoms with Crippen molar-refractivity contribution in [3.63, 3.8) is 0 Å². The van der Waals surface area contributed by atoms with E-state index in [0.29, 0.717) is 44.2 Å². The molecule has 0 saturated carbocycles. The summed E-state index contributed by atoms with van der Waals surface area (Å²) in [6, 6.07) is 11.8. The Hall–Kier alpha value is -3.94. The summed E-state index contributed by atoms with van der Waals surface area (Å²) < 4.78 is 17.5. The molecule has 0 aliphatic carbocycles. The van der Waals surface area contributed by atoms with Crippen molar-refractivity contribution in [2.45, 2.75) is 12.6 Å². The van der Waals surface area contributed by atoms with Gasteiger partial charge < -0.3 is 19.1 Å². The number of pyridine rings is 1. The van der Waals surface area contributed by atoms with Crippen LogP contribution in [0.3, 0.4) is 0 Å². The number of piperazine rings is 1. The van der Waals surface area contributed by atoms with Crippen LogP contribution in [0.1, 0.15) is 28.3 Å². The van der Waals surface area contributed by atoms with Gasteiger partial charge >= 0.3 is 6.03 Å². The Balaban J connectivity index is 1.38. The minimum Gasteiger partial charge on any atom is -0.481 e. The number of aromatic nitrogens is 3. The largest absolute Gasteiger partial charge is 0.481 e. The van der Waals surface area contributed by atoms with Gasteiger partial charge in [-0.3, -0.25) is 4.90 Å². The highest BCUT2D eigenvalue weighted by Gasteiger charge is 2.30. The van der Waals surface area contributed by atoms with E-state index in [-0.39, 0.29) is 18.9 Å². The Labute approximate surface area is 196 Å². The second kappa shape index (κ2) is 9.51. The fraction of sp³-hybridized carbons (Fsp3) is 0.333. The average molecular weight is 460 g/mol. The summed E-state index contributed by atoms with van der Waals surface area (Å²) in [5, 5.41) is 13.0. The molecule has 0 spiro atoms. The monoisotopic (exact) mass is 460 g/mol. The molecule has 1 saturated heterocycles. The van der Waals surface area contributed by atoms with Crippen LogP contribution in [0.5, 0.6) is 11.6 Å². The van der Waals surface area contributed by atoms with Crippen LogP contribution >= 0.6 is 0 Å². The van der Waals surface area contributed by atoms with Crippen LogP contribution in [-0.2, 0) is 11.3 Å². The van der Waals surface area contributed by atoms with Crippen LogP contribution in [0.15, 0.2) is 48.9 Å². The molecule has 10 heteroatoms. The van der Waals surface area contributed by atoms with Gasteiger partial charge in [0.05, 0.1) is 37.7 Å². The normalized spacial score (nSPS) is 16.8. The molecule has 2 aliphatic rings. The highest BCUT2D eigenvalue weighted by atomic mass is 16.7. The minimum absolute atomic E-state index is 0.0576. The first-order valence-corrected chi connectivity index (χ1v) is 11.0. The number of carbonyl (C=O) groups excluding carboxylic acids is 1. The molecule has 1 amide bonds. The van der Waals surface area contributed by atoms with Crippen LogP contribution in [0.2, 0.25) is 0 Å². The molecule has 0 radical (unpaired) electrons. The number of amides is 1. The van der Waals surface area contributed by atoms with Gasteiger partial charge in [0.25, 0.3) is 0 Å². The van der Waals surface area contributed by atoms with E-state index < -0.39 is 0 Å². The van der Waals surface area contributed by atoms with Crippen molar-refractivity contribution in [3.8, 4) is 17.7 Å². The molecule has 1 aromatic carbocycles. The Morgan fingerprint density at radius 3 is 2.68 bits per heavy atom. The molecule has 2 aromatic heterocycles. The lowest BCUT2D eigenvalue weighted by molar-refractivity contribution is -0.0164. The SMILES string of the molecule is COc1ccc(C(c2ccc3c(c2)COCO3)N2CCN(C(=O)n3cc(C#N)cn3)CC2)cn1. The molecule has 0 bridgehead atoms. The number of hydrogen-bond donors (Lipinski definition) is 0. The lowest BCUT2D eigenvalue weighted by atomic mass is 9.95. The summed E-state index contributed by atoms with van der Waals surface area (Å²) in [5.74, 6) is 1.40. The molecule has 34 heavy (non-hydrogen) atoms. The molecular formula is C24H24N6O4. The third-order valence-corrected chi connectivity index (χ3v) is 6.10. The van der Waals surface area contributed by atoms with Gasteiger partial charge in [-0.05, 0) is 23.3 Å². The minimum atomic E-state index is -0.230. The number of ether oxygens (including phenoxy) is 3. The molecule has 1 fully saturated rings. The molecular weight excluding hydrogens is 436 g/mol. The molecule has 5 rings (SSSR count). The number of methoxy groups -OCH3 is 1. The number of rotatable bonds is 4. The fourth-order valence-corrected chi connectivity index (χ4v) is 4.37. The Morgan fingerprint density at radius 2 is 1.97 bits per heavy atom.